The van der Waals surface area contributed by atoms with Crippen LogP contribution in [0.15, 0.2) is 59.9 Å². The van der Waals surface area contributed by atoms with Gasteiger partial charge in [-0.3, -0.25) is 4.99 Å². The topological polar surface area (TPSA) is 64.2 Å². The van der Waals surface area contributed by atoms with Gasteiger partial charge in [-0.1, -0.05) is 74.8 Å². The van der Waals surface area contributed by atoms with Gasteiger partial charge >= 0.3 is 0 Å². The fourth-order valence-corrected chi connectivity index (χ4v) is 4.57. The van der Waals surface area contributed by atoms with E-state index in [0.29, 0.717) is 16.3 Å². The van der Waals surface area contributed by atoms with Gasteiger partial charge in [-0.2, -0.15) is 0 Å². The third-order valence-electron chi connectivity index (χ3n) is 5.89. The third-order valence-corrected chi connectivity index (χ3v) is 6.14. The number of nitrogens with zero attached hydrogens (tertiary/aromatic N) is 3. The number of fused-ring (bicyclic) bond motifs is 1. The Morgan fingerprint density at radius 3 is 2.34 bits per heavy atom. The zero-order valence-corrected chi connectivity index (χ0v) is 17.9. The van der Waals surface area contributed by atoms with Gasteiger partial charge in [-0.15, -0.1) is 0 Å². The minimum atomic E-state index is -0.569. The van der Waals surface area contributed by atoms with Crippen molar-refractivity contribution in [3.63, 3.8) is 0 Å². The van der Waals surface area contributed by atoms with Gasteiger partial charge in [-0.25, -0.2) is 9.97 Å². The summed E-state index contributed by atoms with van der Waals surface area (Å²) in [4.78, 5) is 14.0. The molecular formula is C24H25ClN4. The van der Waals surface area contributed by atoms with Crippen molar-refractivity contribution in [1.82, 2.24) is 9.97 Å². The number of halogens is 1. The summed E-state index contributed by atoms with van der Waals surface area (Å²) in [6.07, 6.45) is 3.66. The van der Waals surface area contributed by atoms with Crippen molar-refractivity contribution < 1.29 is 0 Å². The Labute approximate surface area is 176 Å². The quantitative estimate of drug-likeness (QED) is 0.697. The van der Waals surface area contributed by atoms with Crippen LogP contribution in [0.4, 0.5) is 5.82 Å². The molecule has 148 valence electrons. The Morgan fingerprint density at radius 2 is 1.69 bits per heavy atom. The van der Waals surface area contributed by atoms with E-state index in [4.69, 9.17) is 22.3 Å². The van der Waals surface area contributed by atoms with Crippen LogP contribution >= 0.6 is 11.6 Å². The number of rotatable bonds is 2. The smallest absolute Gasteiger partial charge is 0.160 e. The van der Waals surface area contributed by atoms with Crippen molar-refractivity contribution in [2.75, 3.05) is 5.73 Å². The normalized spacial score (nSPS) is 21.1. The standard InChI is InChI=1S/C24H25ClN4/c1-15-7-5-6-8-19(15)24(23(2,3)4)20(16-9-11-17(25)12-10-16)13-18-21(26)27-14-28-22(18)29-24/h5-14,20H,1-4H3,(H2,26,27,28,29). The maximum Gasteiger partial charge on any atom is 0.160 e. The molecule has 29 heavy (non-hydrogen) atoms. The second-order valence-corrected chi connectivity index (χ2v) is 9.07. The number of anilines is 1. The Balaban J connectivity index is 2.15. The summed E-state index contributed by atoms with van der Waals surface area (Å²) in [5.41, 5.74) is 9.58. The lowest BCUT2D eigenvalue weighted by molar-refractivity contribution is 0.166. The van der Waals surface area contributed by atoms with Gasteiger partial charge in [0.15, 0.2) is 5.49 Å². The number of nitrogens with two attached hydrogens (primary N) is 1. The number of hydrogen-bond donors (Lipinski definition) is 1. The van der Waals surface area contributed by atoms with E-state index in [0.717, 1.165) is 10.8 Å². The van der Waals surface area contributed by atoms with Gasteiger partial charge in [-0.05, 0) is 41.2 Å². The molecule has 0 fully saturated rings. The van der Waals surface area contributed by atoms with Crippen LogP contribution in [0.3, 0.4) is 0 Å². The number of aromatic nitrogens is 2. The Kier molecular flexibility index (Phi) is 4.70. The fourth-order valence-electron chi connectivity index (χ4n) is 4.45. The number of hydrogen-bond acceptors (Lipinski definition) is 4. The van der Waals surface area contributed by atoms with Crippen LogP contribution in [0.25, 0.3) is 6.08 Å². The molecule has 1 aromatic heterocycles. The van der Waals surface area contributed by atoms with E-state index in [1.54, 1.807) is 0 Å². The van der Waals surface area contributed by atoms with Gasteiger partial charge in [0.25, 0.3) is 0 Å². The SMILES string of the molecule is Cc1ccccc1C1(C(C)(C)C)N=c2ncnc(N)c2=CC1c1ccc(Cl)cc1. The molecule has 2 N–H and O–H groups in total. The van der Waals surface area contributed by atoms with Gasteiger partial charge in [0.05, 0.1) is 5.22 Å². The lowest BCUT2D eigenvalue weighted by Crippen LogP contribution is -2.51. The molecule has 2 unspecified atom stereocenters. The van der Waals surface area contributed by atoms with E-state index in [2.05, 4.69) is 80.1 Å². The van der Waals surface area contributed by atoms with E-state index in [-0.39, 0.29) is 11.3 Å². The Morgan fingerprint density at radius 1 is 1.00 bits per heavy atom. The van der Waals surface area contributed by atoms with E-state index >= 15 is 0 Å². The number of aryl methyl sites for hydroxylation is 1. The minimum absolute atomic E-state index is 0.0540. The van der Waals surface area contributed by atoms with Crippen LogP contribution in [0.1, 0.15) is 43.4 Å². The van der Waals surface area contributed by atoms with Crippen molar-refractivity contribution in [2.45, 2.75) is 39.2 Å². The van der Waals surface area contributed by atoms with E-state index in [1.807, 2.05) is 12.1 Å². The number of benzene rings is 2. The van der Waals surface area contributed by atoms with Crippen molar-refractivity contribution in [2.24, 2.45) is 10.4 Å². The summed E-state index contributed by atoms with van der Waals surface area (Å²) in [6.45, 7) is 8.83. The molecule has 0 saturated carbocycles. The molecule has 0 aliphatic carbocycles. The average Bonchev–Trinajstić information content (AvgIpc) is 2.67. The molecule has 1 aliphatic rings. The van der Waals surface area contributed by atoms with Gasteiger partial charge in [0.1, 0.15) is 17.7 Å². The van der Waals surface area contributed by atoms with Gasteiger partial charge in [0.2, 0.25) is 0 Å². The molecule has 5 heteroatoms. The van der Waals surface area contributed by atoms with Gasteiger partial charge in [0, 0.05) is 10.9 Å². The summed E-state index contributed by atoms with van der Waals surface area (Å²) in [5, 5.41) is 1.50. The monoisotopic (exact) mass is 404 g/mol. The van der Waals surface area contributed by atoms with Crippen LogP contribution in [0, 0.1) is 12.3 Å². The molecule has 1 aliphatic heterocycles. The van der Waals surface area contributed by atoms with Crippen LogP contribution in [0.5, 0.6) is 0 Å². The highest BCUT2D eigenvalue weighted by atomic mass is 35.5. The molecule has 4 rings (SSSR count). The van der Waals surface area contributed by atoms with Crippen molar-refractivity contribution in [3.05, 3.63) is 87.3 Å². The molecule has 0 saturated heterocycles. The lowest BCUT2D eigenvalue weighted by atomic mass is 9.59. The zero-order chi connectivity index (χ0) is 20.8. The second-order valence-electron chi connectivity index (χ2n) is 8.64. The summed E-state index contributed by atoms with van der Waals surface area (Å²) < 4.78 is 0. The maximum absolute atomic E-state index is 6.21. The highest BCUT2D eigenvalue weighted by Gasteiger charge is 2.51. The Bertz CT molecular complexity index is 1180. The Hall–Kier alpha value is -2.72. The summed E-state index contributed by atoms with van der Waals surface area (Å²) >= 11 is 6.19. The molecule has 4 nitrogen and oxygen atoms in total. The molecule has 3 aromatic rings. The van der Waals surface area contributed by atoms with Gasteiger partial charge < -0.3 is 5.73 Å². The molecule has 2 heterocycles. The van der Waals surface area contributed by atoms with E-state index < -0.39 is 5.54 Å². The molecule has 2 aromatic carbocycles. The predicted molar refractivity (Wildman–Crippen MR) is 118 cm³/mol. The molecule has 0 radical (unpaired) electrons. The molecule has 0 bridgehead atoms. The average molecular weight is 405 g/mol. The molecule has 2 atom stereocenters. The van der Waals surface area contributed by atoms with Crippen molar-refractivity contribution in [1.29, 1.82) is 0 Å². The number of nitrogen functional groups attached to an aromatic ring is 1. The third kappa shape index (κ3) is 3.12. The first-order valence-electron chi connectivity index (χ1n) is 9.74. The first-order valence-corrected chi connectivity index (χ1v) is 10.1. The molecular weight excluding hydrogens is 380 g/mol. The summed E-state index contributed by atoms with van der Waals surface area (Å²) in [7, 11) is 0. The molecule has 0 spiro atoms. The lowest BCUT2D eigenvalue weighted by Gasteiger charge is -2.48. The van der Waals surface area contributed by atoms with E-state index in [9.17, 15) is 0 Å². The largest absolute Gasteiger partial charge is 0.383 e. The second kappa shape index (κ2) is 6.96. The van der Waals surface area contributed by atoms with Crippen molar-refractivity contribution in [3.8, 4) is 0 Å². The van der Waals surface area contributed by atoms with Crippen LogP contribution in [-0.2, 0) is 5.54 Å². The molecule has 0 amide bonds. The summed E-state index contributed by atoms with van der Waals surface area (Å²) in [5.74, 6) is 0.395. The predicted octanol–water partition coefficient (Wildman–Crippen LogP) is 4.16. The highest BCUT2D eigenvalue weighted by Crippen LogP contribution is 2.54. The minimum Gasteiger partial charge on any atom is -0.383 e. The van der Waals surface area contributed by atoms with E-state index in [1.165, 1.54) is 17.5 Å². The highest BCUT2D eigenvalue weighted by molar-refractivity contribution is 6.30. The summed E-state index contributed by atoms with van der Waals surface area (Å²) in [6, 6.07) is 16.5. The van der Waals surface area contributed by atoms with Crippen LogP contribution in [0.2, 0.25) is 5.02 Å². The van der Waals surface area contributed by atoms with Crippen molar-refractivity contribution >= 4 is 23.5 Å². The first kappa shape index (κ1) is 19.6. The van der Waals surface area contributed by atoms with Crippen LogP contribution in [-0.4, -0.2) is 9.97 Å². The first-order chi connectivity index (χ1) is 13.7. The van der Waals surface area contributed by atoms with Crippen LogP contribution < -0.4 is 16.4 Å². The maximum atomic E-state index is 6.21. The fraction of sp³-hybridized carbons (Fsp3) is 0.292. The zero-order valence-electron chi connectivity index (χ0n) is 17.1.